The third-order valence-corrected chi connectivity index (χ3v) is 3.34. The number of hydrogen-bond acceptors (Lipinski definition) is 4. The number of ether oxygens (including phenoxy) is 2. The highest BCUT2D eigenvalue weighted by atomic mass is 16.5. The molecule has 1 N–H and O–H groups in total. The van der Waals surface area contributed by atoms with E-state index < -0.39 is 0 Å². The molecule has 1 fully saturated rings. The number of nitrogens with one attached hydrogen (secondary N) is 1. The van der Waals surface area contributed by atoms with Crippen molar-refractivity contribution >= 4 is 5.95 Å². The van der Waals surface area contributed by atoms with Crippen LogP contribution in [0.4, 0.5) is 5.95 Å². The maximum absolute atomic E-state index is 5.56. The van der Waals surface area contributed by atoms with Gasteiger partial charge >= 0.3 is 0 Å². The van der Waals surface area contributed by atoms with E-state index in [9.17, 15) is 0 Å². The van der Waals surface area contributed by atoms with Crippen LogP contribution < -0.4 is 5.32 Å². The lowest BCUT2D eigenvalue weighted by molar-refractivity contribution is 0.121. The fourth-order valence-corrected chi connectivity index (χ4v) is 2.30. The molecular formula is C13H23N3O2. The maximum Gasteiger partial charge on any atom is 0.203 e. The van der Waals surface area contributed by atoms with Crippen LogP contribution in [0, 0.1) is 6.92 Å². The molecule has 1 saturated heterocycles. The largest absolute Gasteiger partial charge is 0.385 e. The summed E-state index contributed by atoms with van der Waals surface area (Å²) in [7, 11) is 1.73. The predicted molar refractivity (Wildman–Crippen MR) is 70.9 cm³/mol. The van der Waals surface area contributed by atoms with Gasteiger partial charge in [-0.05, 0) is 26.7 Å². The van der Waals surface area contributed by atoms with Crippen molar-refractivity contribution in [1.82, 2.24) is 9.55 Å². The van der Waals surface area contributed by atoms with E-state index in [1.54, 1.807) is 7.11 Å². The molecule has 1 aromatic rings. The monoisotopic (exact) mass is 253 g/mol. The average Bonchev–Trinajstić information content (AvgIpc) is 2.88. The Labute approximate surface area is 108 Å². The fourth-order valence-electron chi connectivity index (χ4n) is 2.30. The Hall–Kier alpha value is -1.07. The summed E-state index contributed by atoms with van der Waals surface area (Å²) in [6.07, 6.45) is 4.39. The van der Waals surface area contributed by atoms with Crippen LogP contribution in [0.1, 0.15) is 25.5 Å². The highest BCUT2D eigenvalue weighted by Crippen LogP contribution is 2.19. The second-order valence-electron chi connectivity index (χ2n) is 4.86. The molecule has 2 rings (SSSR count). The Bertz CT molecular complexity index is 378. The number of aryl methyl sites for hydroxylation is 2. The molecule has 1 aromatic heterocycles. The number of rotatable bonds is 6. The van der Waals surface area contributed by atoms with E-state index >= 15 is 0 Å². The van der Waals surface area contributed by atoms with Crippen LogP contribution in [0.5, 0.6) is 0 Å². The van der Waals surface area contributed by atoms with Crippen LogP contribution in [0.15, 0.2) is 6.20 Å². The molecule has 102 valence electrons. The third kappa shape index (κ3) is 3.23. The molecule has 0 saturated carbocycles. The zero-order valence-corrected chi connectivity index (χ0v) is 11.5. The first-order valence-corrected chi connectivity index (χ1v) is 6.61. The van der Waals surface area contributed by atoms with Crippen molar-refractivity contribution in [3.05, 3.63) is 11.9 Å². The smallest absolute Gasteiger partial charge is 0.203 e. The topological polar surface area (TPSA) is 48.3 Å². The first kappa shape index (κ1) is 13.4. The molecule has 0 amide bonds. The van der Waals surface area contributed by atoms with Gasteiger partial charge < -0.3 is 19.4 Å². The van der Waals surface area contributed by atoms with Gasteiger partial charge in [-0.2, -0.15) is 0 Å². The average molecular weight is 253 g/mol. The Morgan fingerprint density at radius 1 is 1.61 bits per heavy atom. The van der Waals surface area contributed by atoms with Gasteiger partial charge in [0, 0.05) is 33.1 Å². The number of anilines is 1. The normalized spacial score (nSPS) is 23.5. The third-order valence-electron chi connectivity index (χ3n) is 3.34. The van der Waals surface area contributed by atoms with Crippen molar-refractivity contribution in [2.24, 2.45) is 0 Å². The van der Waals surface area contributed by atoms with E-state index in [-0.39, 0.29) is 6.10 Å². The molecule has 5 nitrogen and oxygen atoms in total. The Balaban J connectivity index is 1.97. The lowest BCUT2D eigenvalue weighted by Gasteiger charge is -2.17. The molecule has 0 radical (unpaired) electrons. The fraction of sp³-hybridized carbons (Fsp3) is 0.769. The highest BCUT2D eigenvalue weighted by molar-refractivity contribution is 5.31. The van der Waals surface area contributed by atoms with Crippen LogP contribution in [0.2, 0.25) is 0 Å². The molecule has 0 bridgehead atoms. The van der Waals surface area contributed by atoms with Gasteiger partial charge in [-0.1, -0.05) is 0 Å². The summed E-state index contributed by atoms with van der Waals surface area (Å²) in [6, 6.07) is 0.368. The quantitative estimate of drug-likeness (QED) is 0.786. The van der Waals surface area contributed by atoms with E-state index in [0.29, 0.717) is 6.04 Å². The summed E-state index contributed by atoms with van der Waals surface area (Å²) in [4.78, 5) is 4.54. The van der Waals surface area contributed by atoms with Crippen molar-refractivity contribution in [3.8, 4) is 0 Å². The summed E-state index contributed by atoms with van der Waals surface area (Å²) >= 11 is 0. The van der Waals surface area contributed by atoms with Gasteiger partial charge in [-0.3, -0.25) is 0 Å². The molecule has 2 atom stereocenters. The number of nitrogens with zero attached hydrogens (tertiary/aromatic N) is 2. The second kappa shape index (κ2) is 6.20. The first-order chi connectivity index (χ1) is 8.70. The van der Waals surface area contributed by atoms with E-state index in [4.69, 9.17) is 9.47 Å². The zero-order chi connectivity index (χ0) is 13.0. The summed E-state index contributed by atoms with van der Waals surface area (Å²) in [5, 5.41) is 3.49. The van der Waals surface area contributed by atoms with Gasteiger partial charge in [0.1, 0.15) is 0 Å². The minimum Gasteiger partial charge on any atom is -0.385 e. The number of methoxy groups -OCH3 is 1. The SMILES string of the molecule is COCCCn1cc(C)nc1NC1CCOC1C. The molecule has 0 aromatic carbocycles. The van der Waals surface area contributed by atoms with E-state index in [1.807, 2.05) is 6.92 Å². The maximum atomic E-state index is 5.56. The molecule has 0 spiro atoms. The number of imidazole rings is 1. The standard InChI is InChI=1S/C13H23N3O2/c1-10-9-16(6-4-7-17-3)13(14-10)15-12-5-8-18-11(12)2/h9,11-12H,4-8H2,1-3H3,(H,14,15). The Morgan fingerprint density at radius 3 is 3.11 bits per heavy atom. The highest BCUT2D eigenvalue weighted by Gasteiger charge is 2.25. The lowest BCUT2D eigenvalue weighted by atomic mass is 10.2. The van der Waals surface area contributed by atoms with Crippen molar-refractivity contribution in [2.75, 3.05) is 25.6 Å². The number of aromatic nitrogens is 2. The second-order valence-corrected chi connectivity index (χ2v) is 4.86. The van der Waals surface area contributed by atoms with Crippen molar-refractivity contribution in [3.63, 3.8) is 0 Å². The van der Waals surface area contributed by atoms with E-state index in [2.05, 4.69) is 28.0 Å². The molecule has 5 heteroatoms. The van der Waals surface area contributed by atoms with Gasteiger partial charge in [0.15, 0.2) is 0 Å². The zero-order valence-electron chi connectivity index (χ0n) is 11.5. The Kier molecular flexibility index (Phi) is 4.60. The summed E-state index contributed by atoms with van der Waals surface area (Å²) in [5.41, 5.74) is 1.04. The van der Waals surface area contributed by atoms with Crippen molar-refractivity contribution < 1.29 is 9.47 Å². The summed E-state index contributed by atoms with van der Waals surface area (Å²) in [5.74, 6) is 0.950. The van der Waals surface area contributed by atoms with Crippen LogP contribution in [-0.4, -0.2) is 42.0 Å². The lowest BCUT2D eigenvalue weighted by Crippen LogP contribution is -2.28. The summed E-state index contributed by atoms with van der Waals surface area (Å²) < 4.78 is 12.8. The molecule has 18 heavy (non-hydrogen) atoms. The van der Waals surface area contributed by atoms with Crippen molar-refractivity contribution in [1.29, 1.82) is 0 Å². The summed E-state index contributed by atoms with van der Waals surface area (Å²) in [6.45, 7) is 6.67. The van der Waals surface area contributed by atoms with E-state index in [0.717, 1.165) is 44.2 Å². The van der Waals surface area contributed by atoms with Gasteiger partial charge in [-0.25, -0.2) is 4.98 Å². The molecule has 0 aliphatic carbocycles. The molecular weight excluding hydrogens is 230 g/mol. The number of hydrogen-bond donors (Lipinski definition) is 1. The van der Waals surface area contributed by atoms with Crippen LogP contribution in [0.3, 0.4) is 0 Å². The van der Waals surface area contributed by atoms with Crippen LogP contribution >= 0.6 is 0 Å². The van der Waals surface area contributed by atoms with Crippen LogP contribution in [-0.2, 0) is 16.0 Å². The molecule has 1 aliphatic heterocycles. The van der Waals surface area contributed by atoms with Gasteiger partial charge in [0.2, 0.25) is 5.95 Å². The molecule has 1 aliphatic rings. The Morgan fingerprint density at radius 2 is 2.44 bits per heavy atom. The minimum absolute atomic E-state index is 0.259. The molecule has 2 heterocycles. The molecule has 2 unspecified atom stereocenters. The van der Waals surface area contributed by atoms with Gasteiger partial charge in [0.25, 0.3) is 0 Å². The predicted octanol–water partition coefficient (Wildman–Crippen LogP) is 1.82. The minimum atomic E-state index is 0.259. The first-order valence-electron chi connectivity index (χ1n) is 6.61. The van der Waals surface area contributed by atoms with Crippen molar-refractivity contribution in [2.45, 2.75) is 45.4 Å². The van der Waals surface area contributed by atoms with Gasteiger partial charge in [-0.15, -0.1) is 0 Å². The van der Waals surface area contributed by atoms with E-state index in [1.165, 1.54) is 0 Å². The van der Waals surface area contributed by atoms with Gasteiger partial charge in [0.05, 0.1) is 17.8 Å². The van der Waals surface area contributed by atoms with Crippen LogP contribution in [0.25, 0.3) is 0 Å².